The molecule has 2 aromatic heterocycles. The predicted molar refractivity (Wildman–Crippen MR) is 131 cm³/mol. The fourth-order valence-corrected chi connectivity index (χ4v) is 4.20. The van der Waals surface area contributed by atoms with E-state index < -0.39 is 5.91 Å². The Hall–Kier alpha value is -3.39. The lowest BCUT2D eigenvalue weighted by Crippen LogP contribution is -2.23. The Morgan fingerprint density at radius 3 is 2.58 bits per heavy atom. The first kappa shape index (κ1) is 21.5. The molecule has 3 aromatic carbocycles. The number of halogens is 3. The second kappa shape index (κ2) is 8.51. The van der Waals surface area contributed by atoms with E-state index in [2.05, 4.69) is 20.5 Å². The molecule has 1 amide bonds. The smallest absolute Gasteiger partial charge is 0.263 e. The number of nitrogens with zero attached hydrogens (tertiary/aromatic N) is 3. The van der Waals surface area contributed by atoms with Crippen LogP contribution in [0.2, 0.25) is 15.1 Å². The molecule has 2 heterocycles. The number of carbonyl (C=O) groups is 1. The zero-order chi connectivity index (χ0) is 23.1. The monoisotopic (exact) mass is 497 g/mol. The minimum atomic E-state index is -0.490. The molecule has 33 heavy (non-hydrogen) atoms. The van der Waals surface area contributed by atoms with Crippen molar-refractivity contribution >= 4 is 68.2 Å². The number of H-pyrrole nitrogens is 1. The molecular formula is C23H14Cl3N5O2. The Balaban J connectivity index is 1.54. The van der Waals surface area contributed by atoms with Crippen LogP contribution in [0.1, 0.15) is 16.1 Å². The molecule has 0 aliphatic heterocycles. The van der Waals surface area contributed by atoms with E-state index in [1.165, 1.54) is 23.0 Å². The number of aromatic nitrogens is 4. The van der Waals surface area contributed by atoms with Crippen molar-refractivity contribution < 1.29 is 4.79 Å². The van der Waals surface area contributed by atoms with Crippen molar-refractivity contribution in [3.05, 3.63) is 97.6 Å². The first-order chi connectivity index (χ1) is 15.9. The number of anilines is 1. The maximum Gasteiger partial charge on any atom is 0.263 e. The normalized spacial score (nSPS) is 11.2. The van der Waals surface area contributed by atoms with Gasteiger partial charge in [-0.3, -0.25) is 19.3 Å². The van der Waals surface area contributed by atoms with E-state index >= 15 is 0 Å². The van der Waals surface area contributed by atoms with Crippen LogP contribution in [-0.2, 0) is 6.54 Å². The molecule has 164 valence electrons. The van der Waals surface area contributed by atoms with Gasteiger partial charge < -0.3 is 5.32 Å². The van der Waals surface area contributed by atoms with E-state index in [-0.39, 0.29) is 38.1 Å². The van der Waals surface area contributed by atoms with Gasteiger partial charge in [-0.15, -0.1) is 0 Å². The minimum Gasteiger partial charge on any atom is -0.321 e. The highest BCUT2D eigenvalue weighted by molar-refractivity contribution is 6.48. The molecule has 5 aromatic rings. The third kappa shape index (κ3) is 3.95. The topological polar surface area (TPSA) is 92.7 Å². The zero-order valence-corrected chi connectivity index (χ0v) is 19.0. The molecule has 0 unspecified atom stereocenters. The van der Waals surface area contributed by atoms with Crippen molar-refractivity contribution in [2.24, 2.45) is 0 Å². The Morgan fingerprint density at radius 2 is 1.79 bits per heavy atom. The van der Waals surface area contributed by atoms with E-state index in [0.29, 0.717) is 16.9 Å². The second-order valence-corrected chi connectivity index (χ2v) is 8.49. The van der Waals surface area contributed by atoms with Gasteiger partial charge in [-0.25, -0.2) is 4.98 Å². The first-order valence-corrected chi connectivity index (χ1v) is 10.9. The van der Waals surface area contributed by atoms with E-state index in [0.717, 1.165) is 10.9 Å². The lowest BCUT2D eigenvalue weighted by molar-refractivity contribution is 0.102. The molecule has 10 heteroatoms. The maximum absolute atomic E-state index is 13.4. The van der Waals surface area contributed by atoms with Crippen molar-refractivity contribution in [3.63, 3.8) is 0 Å². The molecule has 0 aliphatic rings. The highest BCUT2D eigenvalue weighted by atomic mass is 35.5. The summed E-state index contributed by atoms with van der Waals surface area (Å²) in [5.74, 6) is -0.490. The number of hydrogen-bond donors (Lipinski definition) is 2. The van der Waals surface area contributed by atoms with Crippen molar-refractivity contribution in [1.29, 1.82) is 0 Å². The Bertz CT molecular complexity index is 1590. The van der Waals surface area contributed by atoms with Gasteiger partial charge in [-0.05, 0) is 30.3 Å². The van der Waals surface area contributed by atoms with Crippen LogP contribution >= 0.6 is 34.8 Å². The van der Waals surface area contributed by atoms with E-state index in [9.17, 15) is 9.59 Å². The highest BCUT2D eigenvalue weighted by Gasteiger charge is 2.16. The van der Waals surface area contributed by atoms with E-state index in [1.807, 2.05) is 24.3 Å². The van der Waals surface area contributed by atoms with Crippen LogP contribution in [0.15, 0.2) is 65.7 Å². The number of carbonyl (C=O) groups excluding carboxylic acids is 1. The number of benzene rings is 3. The predicted octanol–water partition coefficient (Wildman–Crippen LogP) is 5.53. The van der Waals surface area contributed by atoms with Crippen LogP contribution in [0.5, 0.6) is 0 Å². The fourth-order valence-electron chi connectivity index (χ4n) is 3.60. The van der Waals surface area contributed by atoms with Crippen LogP contribution in [0.3, 0.4) is 0 Å². The largest absolute Gasteiger partial charge is 0.321 e. The summed E-state index contributed by atoms with van der Waals surface area (Å²) in [5.41, 5.74) is 2.25. The van der Waals surface area contributed by atoms with Crippen molar-refractivity contribution in [3.8, 4) is 0 Å². The zero-order valence-electron chi connectivity index (χ0n) is 16.8. The summed E-state index contributed by atoms with van der Waals surface area (Å²) < 4.78 is 1.45. The summed E-state index contributed by atoms with van der Waals surface area (Å²) in [6.45, 7) is 0.219. The van der Waals surface area contributed by atoms with E-state index in [4.69, 9.17) is 34.8 Å². The van der Waals surface area contributed by atoms with Gasteiger partial charge in [0.25, 0.3) is 11.5 Å². The van der Waals surface area contributed by atoms with Crippen LogP contribution in [-0.4, -0.2) is 25.7 Å². The molecule has 0 spiro atoms. The average Bonchev–Trinajstić information content (AvgIpc) is 3.22. The molecule has 0 bridgehead atoms. The summed E-state index contributed by atoms with van der Waals surface area (Å²) in [5, 5.41) is 11.7. The quantitative estimate of drug-likeness (QED) is 0.319. The second-order valence-electron chi connectivity index (χ2n) is 7.30. The van der Waals surface area contributed by atoms with Crippen LogP contribution < -0.4 is 10.9 Å². The summed E-state index contributed by atoms with van der Waals surface area (Å²) >= 11 is 18.1. The van der Waals surface area contributed by atoms with E-state index in [1.54, 1.807) is 18.2 Å². The minimum absolute atomic E-state index is 0.155. The van der Waals surface area contributed by atoms with Gasteiger partial charge >= 0.3 is 0 Å². The average molecular weight is 499 g/mol. The molecule has 0 saturated carbocycles. The molecule has 0 saturated heterocycles. The Morgan fingerprint density at radius 1 is 1.03 bits per heavy atom. The van der Waals surface area contributed by atoms with Gasteiger partial charge in [-0.2, -0.15) is 5.10 Å². The van der Waals surface area contributed by atoms with Gasteiger partial charge in [0.05, 0.1) is 55.7 Å². The molecule has 0 radical (unpaired) electrons. The molecule has 0 fully saturated rings. The highest BCUT2D eigenvalue weighted by Crippen LogP contribution is 2.31. The molecule has 2 N–H and O–H groups in total. The molecular weight excluding hydrogens is 485 g/mol. The van der Waals surface area contributed by atoms with Crippen molar-refractivity contribution in [2.45, 2.75) is 6.54 Å². The first-order valence-electron chi connectivity index (χ1n) is 9.78. The number of aromatic amines is 1. The number of para-hydroxylation sites is 1. The number of fused-ring (bicyclic) bond motifs is 2. The van der Waals surface area contributed by atoms with Crippen LogP contribution in [0.25, 0.3) is 21.8 Å². The molecule has 0 atom stereocenters. The molecule has 7 nitrogen and oxygen atoms in total. The van der Waals surface area contributed by atoms with Crippen molar-refractivity contribution in [1.82, 2.24) is 19.7 Å². The fraction of sp³-hybridized carbons (Fsp3) is 0.0435. The van der Waals surface area contributed by atoms with Gasteiger partial charge in [0, 0.05) is 10.9 Å². The van der Waals surface area contributed by atoms with Crippen LogP contribution in [0, 0.1) is 0 Å². The standard InChI is InChI=1S/C23H14Cl3N5O2/c24-14-8-12(9-15(25)21(14)26)22(32)28-18-7-3-6-17-20(18)23(33)31(11-27-17)10-19-13-4-1-2-5-16(13)29-30-19/h1-9,11H,10H2,(H,28,32)(H,29,30). The number of amides is 1. The number of rotatable bonds is 4. The summed E-state index contributed by atoms with van der Waals surface area (Å²) in [4.78, 5) is 30.6. The Labute approximate surface area is 201 Å². The summed E-state index contributed by atoms with van der Waals surface area (Å²) in [7, 11) is 0. The van der Waals surface area contributed by atoms with Crippen LogP contribution in [0.4, 0.5) is 5.69 Å². The maximum atomic E-state index is 13.4. The van der Waals surface area contributed by atoms with Gasteiger partial charge in [-0.1, -0.05) is 59.1 Å². The number of nitrogens with one attached hydrogen (secondary N) is 2. The summed E-state index contributed by atoms with van der Waals surface area (Å²) in [6.07, 6.45) is 1.47. The third-order valence-electron chi connectivity index (χ3n) is 5.22. The van der Waals surface area contributed by atoms with Gasteiger partial charge in [0.15, 0.2) is 0 Å². The lowest BCUT2D eigenvalue weighted by atomic mass is 10.1. The van der Waals surface area contributed by atoms with Crippen molar-refractivity contribution in [2.75, 3.05) is 5.32 Å². The lowest BCUT2D eigenvalue weighted by Gasteiger charge is -2.11. The Kier molecular flexibility index (Phi) is 5.54. The third-order valence-corrected chi connectivity index (χ3v) is 6.41. The summed E-state index contributed by atoms with van der Waals surface area (Å²) in [6, 6.07) is 15.5. The van der Waals surface area contributed by atoms with Gasteiger partial charge in [0.2, 0.25) is 0 Å². The molecule has 5 rings (SSSR count). The van der Waals surface area contributed by atoms with Gasteiger partial charge in [0.1, 0.15) is 0 Å². The molecule has 0 aliphatic carbocycles. The number of hydrogen-bond acceptors (Lipinski definition) is 4. The SMILES string of the molecule is O=C(Nc1cccc2ncn(Cc3n[nH]c4ccccc34)c(=O)c12)c1cc(Cl)c(Cl)c(Cl)c1.